The van der Waals surface area contributed by atoms with Crippen LogP contribution >= 0.6 is 0 Å². The Kier molecular flexibility index (Phi) is 6.68. The average molecular weight is 320 g/mol. The largest absolute Gasteiger partial charge is 0.472 e. The van der Waals surface area contributed by atoms with Crippen molar-refractivity contribution in [2.75, 3.05) is 13.1 Å². The van der Waals surface area contributed by atoms with Crippen LogP contribution in [0.4, 0.5) is 0 Å². The predicted molar refractivity (Wildman–Crippen MR) is 89.1 cm³/mol. The number of nitrogens with zero attached hydrogens (tertiary/aromatic N) is 1. The molecule has 2 rings (SSSR count). The van der Waals surface area contributed by atoms with Crippen LogP contribution in [0.1, 0.15) is 62.7 Å². The molecule has 1 atom stereocenters. The Labute approximate surface area is 138 Å². The van der Waals surface area contributed by atoms with Gasteiger partial charge >= 0.3 is 0 Å². The Morgan fingerprint density at radius 3 is 2.70 bits per heavy atom. The van der Waals surface area contributed by atoms with Gasteiger partial charge in [-0.05, 0) is 32.3 Å². The molecule has 0 bridgehead atoms. The van der Waals surface area contributed by atoms with Crippen LogP contribution in [-0.4, -0.2) is 35.8 Å². The molecule has 0 radical (unpaired) electrons. The molecule has 1 unspecified atom stereocenters. The summed E-state index contributed by atoms with van der Waals surface area (Å²) in [5, 5.41) is 3.12. The van der Waals surface area contributed by atoms with Gasteiger partial charge in [0.2, 0.25) is 5.91 Å². The van der Waals surface area contributed by atoms with Crippen molar-refractivity contribution in [3.63, 3.8) is 0 Å². The van der Waals surface area contributed by atoms with Gasteiger partial charge in [-0.25, -0.2) is 0 Å². The molecule has 1 aromatic heterocycles. The molecule has 0 aliphatic carbocycles. The molecule has 1 aliphatic heterocycles. The third kappa shape index (κ3) is 5.12. The predicted octanol–water partition coefficient (Wildman–Crippen LogP) is 3.22. The summed E-state index contributed by atoms with van der Waals surface area (Å²) < 4.78 is 4.96. The van der Waals surface area contributed by atoms with E-state index < -0.39 is 0 Å². The van der Waals surface area contributed by atoms with Crippen LogP contribution in [0, 0.1) is 5.92 Å². The SMILES string of the molecule is CCCCCC(C)NC(=O)C1CCN(C(=O)c2ccoc2)CC1. The molecule has 1 aliphatic rings. The van der Waals surface area contributed by atoms with Crippen molar-refractivity contribution in [1.29, 1.82) is 0 Å². The first-order valence-corrected chi connectivity index (χ1v) is 8.73. The van der Waals surface area contributed by atoms with Gasteiger partial charge in [0, 0.05) is 25.0 Å². The van der Waals surface area contributed by atoms with E-state index in [1.54, 1.807) is 11.0 Å². The quantitative estimate of drug-likeness (QED) is 0.785. The molecule has 128 valence electrons. The van der Waals surface area contributed by atoms with E-state index in [9.17, 15) is 9.59 Å². The number of rotatable bonds is 7. The Morgan fingerprint density at radius 2 is 2.09 bits per heavy atom. The molecule has 2 amide bonds. The minimum atomic E-state index is -0.00876. The molecule has 0 saturated carbocycles. The summed E-state index contributed by atoms with van der Waals surface area (Å²) in [7, 11) is 0. The molecular weight excluding hydrogens is 292 g/mol. The van der Waals surface area contributed by atoms with Crippen LogP contribution in [0.3, 0.4) is 0 Å². The monoisotopic (exact) mass is 320 g/mol. The van der Waals surface area contributed by atoms with Gasteiger partial charge in [-0.15, -0.1) is 0 Å². The molecule has 1 N–H and O–H groups in total. The first-order valence-electron chi connectivity index (χ1n) is 8.73. The van der Waals surface area contributed by atoms with Crippen molar-refractivity contribution in [2.24, 2.45) is 5.92 Å². The van der Waals surface area contributed by atoms with E-state index in [-0.39, 0.29) is 23.8 Å². The second kappa shape index (κ2) is 8.75. The van der Waals surface area contributed by atoms with Crippen LogP contribution in [0.5, 0.6) is 0 Å². The zero-order valence-corrected chi connectivity index (χ0v) is 14.2. The first-order chi connectivity index (χ1) is 11.1. The van der Waals surface area contributed by atoms with Gasteiger partial charge in [-0.2, -0.15) is 0 Å². The van der Waals surface area contributed by atoms with E-state index in [4.69, 9.17) is 4.42 Å². The van der Waals surface area contributed by atoms with Crippen LogP contribution in [0.15, 0.2) is 23.0 Å². The fraction of sp³-hybridized carbons (Fsp3) is 0.667. The Balaban J connectivity index is 1.73. The number of piperidine rings is 1. The minimum Gasteiger partial charge on any atom is -0.472 e. The second-order valence-corrected chi connectivity index (χ2v) is 6.48. The van der Waals surface area contributed by atoms with E-state index in [0.717, 1.165) is 25.7 Å². The number of likely N-dealkylation sites (tertiary alicyclic amines) is 1. The lowest BCUT2D eigenvalue weighted by atomic mass is 9.95. The second-order valence-electron chi connectivity index (χ2n) is 6.48. The summed E-state index contributed by atoms with van der Waals surface area (Å²) in [6, 6.07) is 1.92. The highest BCUT2D eigenvalue weighted by Crippen LogP contribution is 2.20. The molecule has 1 saturated heterocycles. The summed E-state index contributed by atoms with van der Waals surface area (Å²) in [4.78, 5) is 26.3. The molecule has 5 heteroatoms. The smallest absolute Gasteiger partial charge is 0.257 e. The fourth-order valence-corrected chi connectivity index (χ4v) is 3.05. The van der Waals surface area contributed by atoms with Crippen LogP contribution in [-0.2, 0) is 4.79 Å². The van der Waals surface area contributed by atoms with Crippen LogP contribution < -0.4 is 5.32 Å². The maximum atomic E-state index is 12.3. The van der Waals surface area contributed by atoms with Crippen molar-refractivity contribution in [2.45, 2.75) is 58.4 Å². The number of hydrogen-bond donors (Lipinski definition) is 1. The van der Waals surface area contributed by atoms with E-state index in [1.807, 2.05) is 0 Å². The maximum Gasteiger partial charge on any atom is 0.257 e. The molecular formula is C18H28N2O3. The summed E-state index contributed by atoms with van der Waals surface area (Å²) in [6.45, 7) is 5.52. The highest BCUT2D eigenvalue weighted by Gasteiger charge is 2.28. The lowest BCUT2D eigenvalue weighted by Gasteiger charge is -2.31. The van der Waals surface area contributed by atoms with Gasteiger partial charge in [0.1, 0.15) is 6.26 Å². The third-order valence-corrected chi connectivity index (χ3v) is 4.55. The van der Waals surface area contributed by atoms with Gasteiger partial charge in [-0.1, -0.05) is 26.2 Å². The molecule has 1 aromatic rings. The normalized spacial score (nSPS) is 17.0. The van der Waals surface area contributed by atoms with Gasteiger partial charge in [0.25, 0.3) is 5.91 Å². The molecule has 23 heavy (non-hydrogen) atoms. The lowest BCUT2D eigenvalue weighted by Crippen LogP contribution is -2.44. The standard InChI is InChI=1S/C18H28N2O3/c1-3-4-5-6-14(2)19-17(21)15-7-10-20(11-8-15)18(22)16-9-12-23-13-16/h9,12-15H,3-8,10-11H2,1-2H3,(H,19,21). The van der Waals surface area contributed by atoms with Gasteiger partial charge in [0.15, 0.2) is 0 Å². The number of carbonyl (C=O) groups is 2. The summed E-state index contributed by atoms with van der Waals surface area (Å²) in [6.07, 6.45) is 9.06. The number of unbranched alkanes of at least 4 members (excludes halogenated alkanes) is 2. The number of hydrogen-bond acceptors (Lipinski definition) is 3. The molecule has 5 nitrogen and oxygen atoms in total. The fourth-order valence-electron chi connectivity index (χ4n) is 3.05. The minimum absolute atomic E-state index is 0.00876. The molecule has 1 fully saturated rings. The van der Waals surface area contributed by atoms with E-state index in [2.05, 4.69) is 19.2 Å². The van der Waals surface area contributed by atoms with E-state index in [0.29, 0.717) is 18.7 Å². The maximum absolute atomic E-state index is 12.3. The van der Waals surface area contributed by atoms with E-state index in [1.165, 1.54) is 25.4 Å². The topological polar surface area (TPSA) is 62.6 Å². The number of amides is 2. The Bertz CT molecular complexity index is 490. The number of furan rings is 1. The number of nitrogens with one attached hydrogen (secondary N) is 1. The van der Waals surface area contributed by atoms with Crippen molar-refractivity contribution < 1.29 is 14.0 Å². The Morgan fingerprint density at radius 1 is 1.35 bits per heavy atom. The zero-order valence-electron chi connectivity index (χ0n) is 14.2. The van der Waals surface area contributed by atoms with Crippen molar-refractivity contribution in [3.8, 4) is 0 Å². The Hall–Kier alpha value is -1.78. The summed E-state index contributed by atoms with van der Waals surface area (Å²) in [5.41, 5.74) is 0.581. The average Bonchev–Trinajstić information content (AvgIpc) is 3.09. The van der Waals surface area contributed by atoms with Gasteiger partial charge in [-0.3, -0.25) is 9.59 Å². The van der Waals surface area contributed by atoms with Crippen LogP contribution in [0.25, 0.3) is 0 Å². The number of carbonyl (C=O) groups excluding carboxylic acids is 2. The lowest BCUT2D eigenvalue weighted by molar-refractivity contribution is -0.126. The zero-order chi connectivity index (χ0) is 16.7. The van der Waals surface area contributed by atoms with Gasteiger partial charge in [0.05, 0.1) is 11.8 Å². The van der Waals surface area contributed by atoms with Gasteiger partial charge < -0.3 is 14.6 Å². The molecule has 2 heterocycles. The van der Waals surface area contributed by atoms with Crippen molar-refractivity contribution >= 4 is 11.8 Å². The highest BCUT2D eigenvalue weighted by molar-refractivity contribution is 5.94. The van der Waals surface area contributed by atoms with Crippen molar-refractivity contribution in [1.82, 2.24) is 10.2 Å². The summed E-state index contributed by atoms with van der Waals surface area (Å²) in [5.74, 6) is 0.159. The van der Waals surface area contributed by atoms with E-state index >= 15 is 0 Å². The summed E-state index contributed by atoms with van der Waals surface area (Å²) >= 11 is 0. The molecule has 0 spiro atoms. The van der Waals surface area contributed by atoms with Crippen LogP contribution in [0.2, 0.25) is 0 Å². The van der Waals surface area contributed by atoms with Crippen molar-refractivity contribution in [3.05, 3.63) is 24.2 Å². The highest BCUT2D eigenvalue weighted by atomic mass is 16.3. The first kappa shape index (κ1) is 17.6. The molecule has 0 aromatic carbocycles. The third-order valence-electron chi connectivity index (χ3n) is 4.55.